The van der Waals surface area contributed by atoms with E-state index >= 15 is 0 Å². The third-order valence-electron chi connectivity index (χ3n) is 7.07. The lowest BCUT2D eigenvalue weighted by atomic mass is 9.88. The monoisotopic (exact) mass is 490 g/mol. The first-order valence-electron chi connectivity index (χ1n) is 13.0. The number of nitrogens with one attached hydrogen (secondary N) is 1. The average molecular weight is 491 g/mol. The number of carbonyl (C=O) groups is 1. The third kappa shape index (κ3) is 5.31. The summed E-state index contributed by atoms with van der Waals surface area (Å²) >= 11 is 0. The number of piperazine rings is 1. The van der Waals surface area contributed by atoms with Crippen LogP contribution in [-0.4, -0.2) is 81.0 Å². The molecule has 1 N–H and O–H groups in total. The lowest BCUT2D eigenvalue weighted by molar-refractivity contribution is -0.135. The molecule has 1 amide bonds. The minimum atomic E-state index is 0.214. The van der Waals surface area contributed by atoms with E-state index in [4.69, 9.17) is 9.97 Å². The topological polar surface area (TPSA) is 82.4 Å². The van der Waals surface area contributed by atoms with Gasteiger partial charge in [-0.3, -0.25) is 9.69 Å². The standard InChI is InChI=1S/C27H38N8O/c1-19-7-8-20(16-27(2,3)4)15-21(19)29-25-23-24(28-18-32(23)5)30-26(31-25)35-13-11-33(12-14-35)17-22(36)34-9-6-10-34/h7-8,15,18H,6,9-14,16-17H2,1-5H3,(H,29,30,31). The van der Waals surface area contributed by atoms with Crippen LogP contribution in [0.25, 0.3) is 11.2 Å². The van der Waals surface area contributed by atoms with Gasteiger partial charge in [-0.05, 0) is 42.4 Å². The average Bonchev–Trinajstić information content (AvgIpc) is 3.15. The van der Waals surface area contributed by atoms with Crippen molar-refractivity contribution in [2.75, 3.05) is 56.0 Å². The number of anilines is 3. The number of amides is 1. The van der Waals surface area contributed by atoms with Crippen LogP contribution in [0.5, 0.6) is 0 Å². The SMILES string of the molecule is Cc1ccc(CC(C)(C)C)cc1Nc1nc(N2CCN(CC(=O)N3CCC3)CC2)nc2ncn(C)c12. The van der Waals surface area contributed by atoms with E-state index in [0.717, 1.165) is 69.1 Å². The Balaban J connectivity index is 1.36. The van der Waals surface area contributed by atoms with Crippen molar-refractivity contribution in [1.82, 2.24) is 29.3 Å². The number of rotatable bonds is 6. The van der Waals surface area contributed by atoms with Gasteiger partial charge in [-0.1, -0.05) is 32.9 Å². The number of imidazole rings is 1. The molecule has 0 radical (unpaired) electrons. The van der Waals surface area contributed by atoms with Gasteiger partial charge in [0.25, 0.3) is 0 Å². The van der Waals surface area contributed by atoms with E-state index in [1.807, 2.05) is 16.5 Å². The highest BCUT2D eigenvalue weighted by molar-refractivity contribution is 5.87. The molecule has 2 aliphatic rings. The van der Waals surface area contributed by atoms with Crippen LogP contribution >= 0.6 is 0 Å². The number of benzene rings is 1. The fraction of sp³-hybridized carbons (Fsp3) is 0.556. The lowest BCUT2D eigenvalue weighted by Gasteiger charge is -2.37. The number of fused-ring (bicyclic) bond motifs is 1. The van der Waals surface area contributed by atoms with Gasteiger partial charge in [0.2, 0.25) is 11.9 Å². The zero-order valence-corrected chi connectivity index (χ0v) is 22.2. The summed E-state index contributed by atoms with van der Waals surface area (Å²) in [7, 11) is 1.97. The number of hydrogen-bond donors (Lipinski definition) is 1. The molecule has 36 heavy (non-hydrogen) atoms. The van der Waals surface area contributed by atoms with Gasteiger partial charge in [0.1, 0.15) is 5.52 Å². The molecule has 0 saturated carbocycles. The highest BCUT2D eigenvalue weighted by Gasteiger charge is 2.26. The summed E-state index contributed by atoms with van der Waals surface area (Å²) in [5, 5.41) is 3.61. The number of aryl methyl sites for hydroxylation is 2. The van der Waals surface area contributed by atoms with Crippen LogP contribution < -0.4 is 10.2 Å². The second-order valence-electron chi connectivity index (χ2n) is 11.4. The highest BCUT2D eigenvalue weighted by atomic mass is 16.2. The molecule has 1 aromatic carbocycles. The van der Waals surface area contributed by atoms with Gasteiger partial charge in [0.05, 0.1) is 12.9 Å². The van der Waals surface area contributed by atoms with E-state index in [2.05, 4.69) is 66.0 Å². The highest BCUT2D eigenvalue weighted by Crippen LogP contribution is 2.30. The van der Waals surface area contributed by atoms with Crippen molar-refractivity contribution in [3.63, 3.8) is 0 Å². The van der Waals surface area contributed by atoms with Gasteiger partial charge >= 0.3 is 0 Å². The van der Waals surface area contributed by atoms with Crippen LogP contribution in [0, 0.1) is 12.3 Å². The molecule has 2 saturated heterocycles. The van der Waals surface area contributed by atoms with Crippen LogP contribution in [-0.2, 0) is 18.3 Å². The Kier molecular flexibility index (Phi) is 6.59. The Morgan fingerprint density at radius 1 is 1.06 bits per heavy atom. The van der Waals surface area contributed by atoms with Crippen LogP contribution in [0.3, 0.4) is 0 Å². The number of nitrogens with zero attached hydrogens (tertiary/aromatic N) is 7. The third-order valence-corrected chi connectivity index (χ3v) is 7.07. The fourth-order valence-electron chi connectivity index (χ4n) is 4.89. The molecular formula is C27H38N8O. The Labute approximate surface area is 213 Å². The largest absolute Gasteiger partial charge is 0.341 e. The predicted molar refractivity (Wildman–Crippen MR) is 144 cm³/mol. The van der Waals surface area contributed by atoms with E-state index < -0.39 is 0 Å². The molecule has 5 rings (SSSR count). The molecule has 0 unspecified atom stereocenters. The molecule has 2 aliphatic heterocycles. The summed E-state index contributed by atoms with van der Waals surface area (Å²) in [6.07, 6.45) is 3.92. The first-order valence-corrected chi connectivity index (χ1v) is 13.0. The Hall–Kier alpha value is -3.20. The molecule has 2 fully saturated rings. The van der Waals surface area contributed by atoms with Crippen molar-refractivity contribution >= 4 is 34.5 Å². The van der Waals surface area contributed by atoms with Gasteiger partial charge in [-0.25, -0.2) is 4.98 Å². The minimum absolute atomic E-state index is 0.214. The quantitative estimate of drug-likeness (QED) is 0.567. The Morgan fingerprint density at radius 3 is 2.47 bits per heavy atom. The molecule has 0 spiro atoms. The van der Waals surface area contributed by atoms with Crippen LogP contribution in [0.2, 0.25) is 0 Å². The lowest BCUT2D eigenvalue weighted by Crippen LogP contribution is -2.52. The van der Waals surface area contributed by atoms with Crippen molar-refractivity contribution in [2.45, 2.75) is 40.5 Å². The number of aromatic nitrogens is 4. The molecule has 0 aliphatic carbocycles. The molecule has 4 heterocycles. The van der Waals surface area contributed by atoms with Crippen molar-refractivity contribution in [2.24, 2.45) is 12.5 Å². The maximum absolute atomic E-state index is 12.4. The van der Waals surface area contributed by atoms with Crippen molar-refractivity contribution in [1.29, 1.82) is 0 Å². The molecule has 2 aromatic heterocycles. The van der Waals surface area contributed by atoms with Gasteiger partial charge in [-0.15, -0.1) is 0 Å². The van der Waals surface area contributed by atoms with E-state index in [-0.39, 0.29) is 11.3 Å². The summed E-state index contributed by atoms with van der Waals surface area (Å²) in [6, 6.07) is 6.62. The summed E-state index contributed by atoms with van der Waals surface area (Å²) in [4.78, 5) is 33.1. The zero-order chi connectivity index (χ0) is 25.4. The first kappa shape index (κ1) is 24.5. The van der Waals surface area contributed by atoms with Crippen molar-refractivity contribution in [3.05, 3.63) is 35.7 Å². The Morgan fingerprint density at radius 2 is 1.81 bits per heavy atom. The summed E-state index contributed by atoms with van der Waals surface area (Å²) in [5.41, 5.74) is 5.31. The molecule has 0 bridgehead atoms. The van der Waals surface area contributed by atoms with Crippen LogP contribution in [0.1, 0.15) is 38.3 Å². The molecule has 9 nitrogen and oxygen atoms in total. The van der Waals surface area contributed by atoms with Gasteiger partial charge in [-0.2, -0.15) is 9.97 Å². The van der Waals surface area contributed by atoms with E-state index in [1.165, 1.54) is 11.1 Å². The van der Waals surface area contributed by atoms with Gasteiger partial charge in [0.15, 0.2) is 11.5 Å². The summed E-state index contributed by atoms with van der Waals surface area (Å²) < 4.78 is 1.97. The summed E-state index contributed by atoms with van der Waals surface area (Å²) in [6.45, 7) is 14.4. The smallest absolute Gasteiger partial charge is 0.236 e. The molecular weight excluding hydrogens is 452 g/mol. The molecule has 9 heteroatoms. The van der Waals surface area contributed by atoms with Gasteiger partial charge < -0.3 is 19.7 Å². The number of likely N-dealkylation sites (tertiary alicyclic amines) is 1. The van der Waals surface area contributed by atoms with Crippen molar-refractivity contribution in [3.8, 4) is 0 Å². The maximum Gasteiger partial charge on any atom is 0.236 e. The van der Waals surface area contributed by atoms with E-state index in [0.29, 0.717) is 18.1 Å². The molecule has 0 atom stereocenters. The summed E-state index contributed by atoms with van der Waals surface area (Å²) in [5.74, 6) is 1.69. The van der Waals surface area contributed by atoms with E-state index in [9.17, 15) is 4.79 Å². The maximum atomic E-state index is 12.4. The predicted octanol–water partition coefficient (Wildman–Crippen LogP) is 3.36. The molecule has 3 aromatic rings. The minimum Gasteiger partial charge on any atom is -0.341 e. The second-order valence-corrected chi connectivity index (χ2v) is 11.4. The Bertz CT molecular complexity index is 1250. The number of carbonyl (C=O) groups excluding carboxylic acids is 1. The van der Waals surface area contributed by atoms with Gasteiger partial charge in [0, 0.05) is 52.0 Å². The first-order chi connectivity index (χ1) is 17.2. The second kappa shape index (κ2) is 9.69. The zero-order valence-electron chi connectivity index (χ0n) is 22.2. The normalized spacial score (nSPS) is 16.9. The fourth-order valence-corrected chi connectivity index (χ4v) is 4.89. The number of hydrogen-bond acceptors (Lipinski definition) is 7. The molecule has 192 valence electrons. The van der Waals surface area contributed by atoms with E-state index in [1.54, 1.807) is 6.33 Å². The van der Waals surface area contributed by atoms with Crippen LogP contribution in [0.4, 0.5) is 17.5 Å². The van der Waals surface area contributed by atoms with Crippen LogP contribution in [0.15, 0.2) is 24.5 Å². The van der Waals surface area contributed by atoms with Crippen molar-refractivity contribution < 1.29 is 4.79 Å².